The fraction of sp³-hybridized carbons (Fsp3) is 0.200. The minimum absolute atomic E-state index is 0.0794. The van der Waals surface area contributed by atoms with Crippen LogP contribution in [0.3, 0.4) is 0 Å². The Morgan fingerprint density at radius 1 is 0.568 bits per heavy atom. The van der Waals surface area contributed by atoms with Gasteiger partial charge in [-0.15, -0.1) is 0 Å². The molecule has 44 heavy (non-hydrogen) atoms. The van der Waals surface area contributed by atoms with Gasteiger partial charge in [-0.05, 0) is 24.3 Å². The first kappa shape index (κ1) is 27.4. The quantitative estimate of drug-likeness (QED) is 0.146. The Morgan fingerprint density at radius 2 is 1.20 bits per heavy atom. The molecule has 14 nitrogen and oxygen atoms in total. The number of aromatic hydroxyl groups is 8. The fourth-order valence-corrected chi connectivity index (χ4v) is 6.25. The molecule has 14 heteroatoms. The van der Waals surface area contributed by atoms with Gasteiger partial charge < -0.3 is 70.4 Å². The van der Waals surface area contributed by atoms with E-state index in [1.54, 1.807) is 0 Å². The van der Waals surface area contributed by atoms with Crippen molar-refractivity contribution >= 4 is 0 Å². The summed E-state index contributed by atoms with van der Waals surface area (Å²) in [6.45, 7) is 0. The Kier molecular flexibility index (Phi) is 5.62. The van der Waals surface area contributed by atoms with E-state index in [-0.39, 0.29) is 45.1 Å². The lowest BCUT2D eigenvalue weighted by Gasteiger charge is -2.50. The smallest absolute Gasteiger partial charge is 0.305 e. The van der Waals surface area contributed by atoms with E-state index in [0.717, 1.165) is 42.5 Å². The van der Waals surface area contributed by atoms with Gasteiger partial charge >= 0.3 is 5.79 Å². The molecule has 0 fully saturated rings. The van der Waals surface area contributed by atoms with Crippen molar-refractivity contribution in [3.63, 3.8) is 0 Å². The first-order chi connectivity index (χ1) is 20.8. The predicted molar refractivity (Wildman–Crippen MR) is 144 cm³/mol. The second-order valence-corrected chi connectivity index (χ2v) is 10.8. The maximum atomic E-state index is 11.8. The number of benzene rings is 4. The third-order valence-electron chi connectivity index (χ3n) is 8.21. The van der Waals surface area contributed by atoms with Crippen molar-refractivity contribution in [2.75, 3.05) is 0 Å². The molecule has 2 bridgehead atoms. The van der Waals surface area contributed by atoms with Crippen LogP contribution >= 0.6 is 0 Å². The highest BCUT2D eigenvalue weighted by atomic mass is 16.7. The summed E-state index contributed by atoms with van der Waals surface area (Å²) in [5.74, 6) is -9.13. The van der Waals surface area contributed by atoms with Gasteiger partial charge in [-0.2, -0.15) is 0 Å². The highest BCUT2D eigenvalue weighted by Gasteiger charge is 2.60. The molecule has 4 aromatic rings. The number of hydrogen-bond acceptors (Lipinski definition) is 14. The summed E-state index contributed by atoms with van der Waals surface area (Å²) in [5, 5.41) is 117. The number of aliphatic hydroxyl groups excluding tert-OH is 3. The number of rotatable bonds is 2. The van der Waals surface area contributed by atoms with Crippen molar-refractivity contribution in [1.29, 1.82) is 0 Å². The van der Waals surface area contributed by atoms with Crippen LogP contribution in [0, 0.1) is 0 Å². The molecule has 3 heterocycles. The zero-order valence-corrected chi connectivity index (χ0v) is 22.1. The van der Waals surface area contributed by atoms with E-state index in [1.165, 1.54) is 6.07 Å². The summed E-state index contributed by atoms with van der Waals surface area (Å²) in [7, 11) is 0. The van der Waals surface area contributed by atoms with Gasteiger partial charge in [-0.25, -0.2) is 0 Å². The monoisotopic (exact) mass is 608 g/mol. The Morgan fingerprint density at radius 3 is 1.89 bits per heavy atom. The molecule has 6 atom stereocenters. The standard InChI is InChI=1S/C30H24O14/c31-10-3-9(4-11(32)5-10)30-29(41)22(19-15(35)6-12(33)7-17(19)43-30)20-18(44-30)8-16-21(25(20)38)26(39)27(40)28(42-16)13-1-2-14(34)24(37)23(13)36/h1-8,22,26-29,31-41H. The molecule has 0 radical (unpaired) electrons. The van der Waals surface area contributed by atoms with E-state index < -0.39 is 82.1 Å². The van der Waals surface area contributed by atoms with Gasteiger partial charge in [0.1, 0.15) is 64.3 Å². The van der Waals surface area contributed by atoms with Crippen molar-refractivity contribution in [2.45, 2.75) is 36.1 Å². The van der Waals surface area contributed by atoms with E-state index in [9.17, 15) is 56.2 Å². The van der Waals surface area contributed by atoms with Crippen molar-refractivity contribution in [3.8, 4) is 63.2 Å². The number of ether oxygens (including phenoxy) is 3. The third-order valence-corrected chi connectivity index (χ3v) is 8.21. The van der Waals surface area contributed by atoms with Gasteiger partial charge in [0.25, 0.3) is 0 Å². The number of phenols is 8. The van der Waals surface area contributed by atoms with Gasteiger partial charge in [-0.3, -0.25) is 0 Å². The molecule has 0 spiro atoms. The summed E-state index contributed by atoms with van der Waals surface area (Å²) < 4.78 is 18.1. The Bertz CT molecular complexity index is 1850. The molecule has 0 amide bonds. The molecule has 4 aromatic carbocycles. The zero-order chi connectivity index (χ0) is 31.4. The molecule has 11 N–H and O–H groups in total. The summed E-state index contributed by atoms with van der Waals surface area (Å²) in [6.07, 6.45) is -7.03. The van der Waals surface area contributed by atoms with Crippen LogP contribution in [0.4, 0.5) is 0 Å². The predicted octanol–water partition coefficient (Wildman–Crippen LogP) is 1.99. The number of fused-ring (bicyclic) bond motifs is 7. The van der Waals surface area contributed by atoms with Gasteiger partial charge in [-0.1, -0.05) is 0 Å². The molecule has 3 aliphatic rings. The lowest BCUT2D eigenvalue weighted by molar-refractivity contribution is -0.219. The van der Waals surface area contributed by atoms with Gasteiger partial charge in [0.05, 0.1) is 11.5 Å². The molecule has 6 unspecified atom stereocenters. The van der Waals surface area contributed by atoms with Crippen molar-refractivity contribution in [3.05, 3.63) is 76.3 Å². The number of phenolic OH excluding ortho intramolecular Hbond substituents is 8. The third kappa shape index (κ3) is 3.58. The molecule has 0 aliphatic carbocycles. The minimum Gasteiger partial charge on any atom is -0.508 e. The highest BCUT2D eigenvalue weighted by Crippen LogP contribution is 2.63. The lowest BCUT2D eigenvalue weighted by Crippen LogP contribution is -2.57. The number of aliphatic hydroxyl groups is 3. The summed E-state index contributed by atoms with van der Waals surface area (Å²) in [5.41, 5.74) is -0.886. The molecule has 3 aliphatic heterocycles. The van der Waals surface area contributed by atoms with Crippen molar-refractivity contribution in [1.82, 2.24) is 0 Å². The van der Waals surface area contributed by atoms with Crippen LogP contribution in [-0.4, -0.2) is 68.4 Å². The fourth-order valence-electron chi connectivity index (χ4n) is 6.25. The first-order valence-electron chi connectivity index (χ1n) is 13.1. The molecule has 228 valence electrons. The van der Waals surface area contributed by atoms with E-state index >= 15 is 0 Å². The largest absolute Gasteiger partial charge is 0.508 e. The van der Waals surface area contributed by atoms with Gasteiger partial charge in [0.15, 0.2) is 17.6 Å². The molecular weight excluding hydrogens is 584 g/mol. The second-order valence-electron chi connectivity index (χ2n) is 10.8. The van der Waals surface area contributed by atoms with Crippen LogP contribution < -0.4 is 14.2 Å². The average Bonchev–Trinajstić information content (AvgIpc) is 2.94. The molecular formula is C30H24O14. The van der Waals surface area contributed by atoms with E-state index in [0.29, 0.717) is 0 Å². The SMILES string of the molecule is Oc1cc(O)cc(C23Oc4cc(O)cc(O)c4C(c4c(cc5c(c4O)C(O)C(O)C(c4ccc(O)c(O)c4O)O5)O2)C3O)c1. The van der Waals surface area contributed by atoms with E-state index in [4.69, 9.17) is 14.2 Å². The maximum Gasteiger partial charge on any atom is 0.305 e. The van der Waals surface area contributed by atoms with Crippen LogP contribution in [0.1, 0.15) is 45.9 Å². The van der Waals surface area contributed by atoms with Crippen LogP contribution in [0.2, 0.25) is 0 Å². The molecule has 0 aromatic heterocycles. The minimum atomic E-state index is -2.25. The Hall–Kier alpha value is -5.44. The van der Waals surface area contributed by atoms with Crippen LogP contribution in [0.5, 0.6) is 63.2 Å². The number of hydrogen-bond donors (Lipinski definition) is 11. The summed E-state index contributed by atoms with van der Waals surface area (Å²) in [6, 6.07) is 8.80. The molecule has 7 rings (SSSR count). The van der Waals surface area contributed by atoms with Crippen molar-refractivity contribution in [2.24, 2.45) is 0 Å². The summed E-state index contributed by atoms with van der Waals surface area (Å²) in [4.78, 5) is 0. The maximum absolute atomic E-state index is 11.8. The molecule has 0 saturated carbocycles. The zero-order valence-electron chi connectivity index (χ0n) is 22.1. The first-order valence-corrected chi connectivity index (χ1v) is 13.1. The van der Waals surface area contributed by atoms with E-state index in [1.807, 2.05) is 0 Å². The van der Waals surface area contributed by atoms with Gasteiger partial charge in [0.2, 0.25) is 5.75 Å². The van der Waals surface area contributed by atoms with Crippen LogP contribution in [0.15, 0.2) is 48.5 Å². The van der Waals surface area contributed by atoms with E-state index in [2.05, 4.69) is 0 Å². The second kappa shape index (κ2) is 9.03. The Balaban J connectivity index is 1.46. The van der Waals surface area contributed by atoms with Gasteiger partial charge in [0, 0.05) is 46.5 Å². The highest BCUT2D eigenvalue weighted by molar-refractivity contribution is 5.68. The average molecular weight is 609 g/mol. The summed E-state index contributed by atoms with van der Waals surface area (Å²) >= 11 is 0. The topological polar surface area (TPSA) is 250 Å². The van der Waals surface area contributed by atoms with Crippen LogP contribution in [-0.2, 0) is 5.79 Å². The van der Waals surface area contributed by atoms with Crippen LogP contribution in [0.25, 0.3) is 0 Å². The normalized spacial score (nSPS) is 26.3. The molecule has 0 saturated heterocycles. The van der Waals surface area contributed by atoms with Crippen molar-refractivity contribution < 1.29 is 70.4 Å². The lowest BCUT2D eigenvalue weighted by atomic mass is 9.74. The Labute approximate surface area is 246 Å².